The van der Waals surface area contributed by atoms with E-state index in [1.54, 1.807) is 11.1 Å². The summed E-state index contributed by atoms with van der Waals surface area (Å²) in [4.78, 5) is 40.5. The molecule has 184 valence electrons. The number of carbonyl (C=O) groups is 3. The summed E-state index contributed by atoms with van der Waals surface area (Å²) >= 11 is 1.04. The van der Waals surface area contributed by atoms with Crippen LogP contribution in [-0.2, 0) is 16.0 Å². The van der Waals surface area contributed by atoms with Crippen LogP contribution in [0.3, 0.4) is 0 Å². The number of aryl methyl sites for hydroxylation is 2. The van der Waals surface area contributed by atoms with E-state index < -0.39 is 12.0 Å². The first-order valence-corrected chi connectivity index (χ1v) is 11.8. The smallest absolute Gasteiger partial charge is 0.325 e. The van der Waals surface area contributed by atoms with Gasteiger partial charge < -0.3 is 10.2 Å². The quantitative estimate of drug-likeness (QED) is 0.480. The van der Waals surface area contributed by atoms with Crippen molar-refractivity contribution < 1.29 is 27.6 Å². The van der Waals surface area contributed by atoms with Gasteiger partial charge in [0.05, 0.1) is 17.0 Å². The standard InChI is InChI=1S/C22H21N3O2S.C3H3F3O/c1-15-9-10-20-16(13-15)5-4-12-25(20)22(27)28-14-21(26)24-19-8-2-7-18-17(19)6-3-11-23-18;1-2(7)3(4,5)6/h2-3,6-11,13H,4-5,12,14H2,1H3,(H,24,26);1H3. The highest BCUT2D eigenvalue weighted by Crippen LogP contribution is 2.30. The van der Waals surface area contributed by atoms with Gasteiger partial charge in [-0.15, -0.1) is 0 Å². The number of alkyl halides is 3. The normalized spacial score (nSPS) is 12.9. The van der Waals surface area contributed by atoms with Gasteiger partial charge in [0.25, 0.3) is 5.24 Å². The molecule has 1 N–H and O–H groups in total. The Hall–Kier alpha value is -3.40. The maximum absolute atomic E-state index is 12.7. The van der Waals surface area contributed by atoms with Gasteiger partial charge in [0.15, 0.2) is 0 Å². The van der Waals surface area contributed by atoms with Gasteiger partial charge in [-0.05, 0) is 55.7 Å². The van der Waals surface area contributed by atoms with Crippen molar-refractivity contribution in [3.63, 3.8) is 0 Å². The number of benzene rings is 2. The fourth-order valence-corrected chi connectivity index (χ4v) is 4.19. The van der Waals surface area contributed by atoms with E-state index in [9.17, 15) is 27.6 Å². The van der Waals surface area contributed by atoms with Crippen molar-refractivity contribution in [1.82, 2.24) is 4.98 Å². The number of hydrogen-bond acceptors (Lipinski definition) is 5. The second-order valence-corrected chi connectivity index (χ2v) is 8.85. The van der Waals surface area contributed by atoms with Gasteiger partial charge >= 0.3 is 6.18 Å². The molecule has 2 heterocycles. The highest BCUT2D eigenvalue weighted by Gasteiger charge is 2.33. The third kappa shape index (κ3) is 7.05. The Balaban J connectivity index is 0.000000429. The summed E-state index contributed by atoms with van der Waals surface area (Å²) in [6.07, 6.45) is -0.987. The molecule has 0 radical (unpaired) electrons. The number of nitrogens with one attached hydrogen (secondary N) is 1. The third-order valence-corrected chi connectivity index (χ3v) is 6.09. The average Bonchev–Trinajstić information content (AvgIpc) is 2.82. The number of hydrogen-bond donors (Lipinski definition) is 1. The third-order valence-electron chi connectivity index (χ3n) is 5.22. The monoisotopic (exact) mass is 503 g/mol. The zero-order valence-corrected chi connectivity index (χ0v) is 20.0. The van der Waals surface area contributed by atoms with Gasteiger partial charge in [0.1, 0.15) is 0 Å². The van der Waals surface area contributed by atoms with E-state index >= 15 is 0 Å². The summed E-state index contributed by atoms with van der Waals surface area (Å²) in [6, 6.07) is 15.5. The fraction of sp³-hybridized carbons (Fsp3) is 0.280. The van der Waals surface area contributed by atoms with Gasteiger partial charge in [0.2, 0.25) is 11.7 Å². The molecule has 0 bridgehead atoms. The Morgan fingerprint density at radius 1 is 1.11 bits per heavy atom. The van der Waals surface area contributed by atoms with Crippen LogP contribution in [0, 0.1) is 6.92 Å². The minimum absolute atomic E-state index is 0.0766. The molecule has 2 aromatic carbocycles. The first-order valence-electron chi connectivity index (χ1n) is 10.8. The zero-order chi connectivity index (χ0) is 25.6. The number of ketones is 1. The number of thioether (sulfide) groups is 1. The molecule has 0 saturated heterocycles. The van der Waals surface area contributed by atoms with Crippen molar-refractivity contribution in [3.8, 4) is 0 Å². The number of anilines is 2. The molecule has 0 spiro atoms. The van der Waals surface area contributed by atoms with Crippen molar-refractivity contribution in [2.45, 2.75) is 32.9 Å². The summed E-state index contributed by atoms with van der Waals surface area (Å²) in [5.74, 6) is -1.88. The number of Topliss-reactive ketones (excluding diaryl/α,β-unsaturated/α-hetero) is 1. The van der Waals surface area contributed by atoms with Gasteiger partial charge in [0, 0.05) is 30.7 Å². The molecule has 0 aliphatic carbocycles. The highest BCUT2D eigenvalue weighted by molar-refractivity contribution is 8.14. The number of halogens is 3. The Kier molecular flexibility index (Phi) is 8.50. The lowest BCUT2D eigenvalue weighted by Gasteiger charge is -2.29. The first kappa shape index (κ1) is 26.2. The van der Waals surface area contributed by atoms with E-state index in [-0.39, 0.29) is 16.9 Å². The number of carbonyl (C=O) groups excluding carboxylic acids is 3. The van der Waals surface area contributed by atoms with E-state index in [0.29, 0.717) is 19.2 Å². The van der Waals surface area contributed by atoms with E-state index in [1.165, 1.54) is 11.1 Å². The van der Waals surface area contributed by atoms with Crippen LogP contribution in [0.4, 0.5) is 29.3 Å². The lowest BCUT2D eigenvalue weighted by molar-refractivity contribution is -0.168. The predicted molar refractivity (Wildman–Crippen MR) is 132 cm³/mol. The molecule has 0 atom stereocenters. The Morgan fingerprint density at radius 3 is 2.57 bits per heavy atom. The molecule has 1 aromatic heterocycles. The van der Waals surface area contributed by atoms with Crippen LogP contribution in [0.15, 0.2) is 54.7 Å². The Labute approximate surface area is 204 Å². The van der Waals surface area contributed by atoms with Gasteiger partial charge in [-0.1, -0.05) is 35.5 Å². The summed E-state index contributed by atoms with van der Waals surface area (Å²) < 4.78 is 32.5. The van der Waals surface area contributed by atoms with Crippen molar-refractivity contribution >= 4 is 51.0 Å². The van der Waals surface area contributed by atoms with E-state index in [4.69, 9.17) is 0 Å². The molecular weight excluding hydrogens is 479 g/mol. The number of fused-ring (bicyclic) bond motifs is 2. The number of aromatic nitrogens is 1. The van der Waals surface area contributed by atoms with Gasteiger partial charge in [-0.25, -0.2) is 0 Å². The predicted octanol–water partition coefficient (Wildman–Crippen LogP) is 5.93. The van der Waals surface area contributed by atoms with Crippen LogP contribution >= 0.6 is 11.8 Å². The maximum Gasteiger partial charge on any atom is 0.449 e. The summed E-state index contributed by atoms with van der Waals surface area (Å²) in [7, 11) is 0. The van der Waals surface area contributed by atoms with E-state index in [0.717, 1.165) is 41.2 Å². The molecule has 0 fully saturated rings. The molecule has 2 amide bonds. The van der Waals surface area contributed by atoms with Crippen LogP contribution in [0.1, 0.15) is 24.5 Å². The van der Waals surface area contributed by atoms with Crippen molar-refractivity contribution in [3.05, 3.63) is 65.9 Å². The topological polar surface area (TPSA) is 79.4 Å². The van der Waals surface area contributed by atoms with Gasteiger partial charge in [-0.3, -0.25) is 19.4 Å². The van der Waals surface area contributed by atoms with Crippen LogP contribution < -0.4 is 10.2 Å². The summed E-state index contributed by atoms with van der Waals surface area (Å²) in [5, 5.41) is 3.70. The Morgan fingerprint density at radius 2 is 1.86 bits per heavy atom. The SMILES string of the molecule is CC(=O)C(F)(F)F.Cc1ccc2c(c1)CCCN2C(=O)SCC(=O)Nc1cccc2ncccc12. The van der Waals surface area contributed by atoms with Crippen LogP contribution in [0.25, 0.3) is 10.9 Å². The van der Waals surface area contributed by atoms with Crippen LogP contribution in [0.2, 0.25) is 0 Å². The minimum Gasteiger partial charge on any atom is -0.325 e. The minimum atomic E-state index is -4.64. The molecule has 0 saturated carbocycles. The van der Waals surface area contributed by atoms with Crippen molar-refractivity contribution in [1.29, 1.82) is 0 Å². The number of nitrogens with zero attached hydrogens (tertiary/aromatic N) is 2. The maximum atomic E-state index is 12.7. The largest absolute Gasteiger partial charge is 0.449 e. The first-order chi connectivity index (χ1) is 16.6. The van der Waals surface area contributed by atoms with Crippen molar-refractivity contribution in [2.24, 2.45) is 0 Å². The molecule has 6 nitrogen and oxygen atoms in total. The second-order valence-electron chi connectivity index (χ2n) is 7.92. The highest BCUT2D eigenvalue weighted by atomic mass is 32.2. The second kappa shape index (κ2) is 11.4. The molecule has 0 unspecified atom stereocenters. The number of rotatable bonds is 3. The fourth-order valence-electron chi connectivity index (χ4n) is 3.52. The average molecular weight is 504 g/mol. The number of amides is 2. The van der Waals surface area contributed by atoms with Crippen LogP contribution in [0.5, 0.6) is 0 Å². The summed E-state index contributed by atoms with van der Waals surface area (Å²) in [6.45, 7) is 3.24. The van der Waals surface area contributed by atoms with Crippen molar-refractivity contribution in [2.75, 3.05) is 22.5 Å². The lowest BCUT2D eigenvalue weighted by Crippen LogP contribution is -2.33. The molecule has 10 heteroatoms. The Bertz CT molecular complexity index is 1240. The number of pyridine rings is 1. The van der Waals surface area contributed by atoms with E-state index in [2.05, 4.69) is 23.3 Å². The molecule has 1 aliphatic heterocycles. The molecule has 35 heavy (non-hydrogen) atoms. The molecular formula is C25H24F3N3O3S. The van der Waals surface area contributed by atoms with Gasteiger partial charge in [-0.2, -0.15) is 13.2 Å². The lowest BCUT2D eigenvalue weighted by atomic mass is 10.0. The van der Waals surface area contributed by atoms with Crippen LogP contribution in [-0.4, -0.2) is 40.4 Å². The van der Waals surface area contributed by atoms with E-state index in [1.807, 2.05) is 42.5 Å². The molecule has 3 aromatic rings. The molecule has 4 rings (SSSR count). The zero-order valence-electron chi connectivity index (χ0n) is 19.2. The molecule has 1 aliphatic rings. The summed E-state index contributed by atoms with van der Waals surface area (Å²) in [5.41, 5.74) is 4.90.